The van der Waals surface area contributed by atoms with E-state index in [-0.39, 0.29) is 11.5 Å². The third-order valence-corrected chi connectivity index (χ3v) is 14.4. The van der Waals surface area contributed by atoms with E-state index in [9.17, 15) is 0 Å². The van der Waals surface area contributed by atoms with Crippen molar-refractivity contribution in [2.45, 2.75) is 283 Å². The predicted octanol–water partition coefficient (Wildman–Crippen LogP) is 17.4. The molecule has 0 bridgehead atoms. The van der Waals surface area contributed by atoms with E-state index in [1.54, 1.807) is 0 Å². The maximum absolute atomic E-state index is 15.6. The summed E-state index contributed by atoms with van der Waals surface area (Å²) in [6.45, 7) is 4.70. The molecule has 310 valence electrons. The minimum atomic E-state index is -0.297. The Morgan fingerprint density at radius 2 is 0.925 bits per heavy atom. The van der Waals surface area contributed by atoms with Crippen LogP contribution in [0.5, 0.6) is 0 Å². The van der Waals surface area contributed by atoms with Crippen molar-refractivity contribution in [3.63, 3.8) is 0 Å². The Hall–Kier alpha value is -0.790. The number of allylic oxidation sites excluding steroid dienone is 2. The third kappa shape index (κ3) is 19.3. The van der Waals surface area contributed by atoms with Crippen molar-refractivity contribution in [2.24, 2.45) is 23.2 Å². The molecule has 2 unspecified atom stereocenters. The summed E-state index contributed by atoms with van der Waals surface area (Å²) in [5.41, 5.74) is -0.297. The number of unbranched alkanes of at least 4 members (excludes halogenated alkanes) is 9. The minimum absolute atomic E-state index is 0.143. The van der Waals surface area contributed by atoms with Gasteiger partial charge in [0.15, 0.2) is 0 Å². The van der Waals surface area contributed by atoms with Crippen LogP contribution in [0.4, 0.5) is 0 Å². The highest BCUT2D eigenvalue weighted by Crippen LogP contribution is 2.53. The molecule has 3 fully saturated rings. The summed E-state index contributed by atoms with van der Waals surface area (Å²) < 4.78 is 7.07. The van der Waals surface area contributed by atoms with Gasteiger partial charge in [-0.15, -0.1) is 0 Å². The van der Waals surface area contributed by atoms with Crippen molar-refractivity contribution >= 4 is 5.97 Å². The molecule has 0 N–H and O–H groups in total. The second-order valence-electron chi connectivity index (χ2n) is 18.7. The van der Waals surface area contributed by atoms with E-state index in [1.807, 2.05) is 0 Å². The maximum atomic E-state index is 15.6. The summed E-state index contributed by atoms with van der Waals surface area (Å²) >= 11 is 0. The van der Waals surface area contributed by atoms with Crippen molar-refractivity contribution in [2.75, 3.05) is 0 Å². The maximum Gasteiger partial charge on any atom is 0.312 e. The lowest BCUT2D eigenvalue weighted by atomic mass is 9.55. The molecule has 53 heavy (non-hydrogen) atoms. The zero-order chi connectivity index (χ0) is 37.5. The normalized spacial score (nSPS) is 22.5. The van der Waals surface area contributed by atoms with Gasteiger partial charge in [-0.25, -0.2) is 0 Å². The molecule has 2 heteroatoms. The van der Waals surface area contributed by atoms with Gasteiger partial charge < -0.3 is 4.74 Å². The van der Waals surface area contributed by atoms with E-state index in [4.69, 9.17) is 4.74 Å². The number of esters is 1. The molecule has 3 aliphatic rings. The molecule has 0 aromatic rings. The summed E-state index contributed by atoms with van der Waals surface area (Å²) in [4.78, 5) is 15.6. The summed E-state index contributed by atoms with van der Waals surface area (Å²) in [6, 6.07) is 0. The highest BCUT2D eigenvalue weighted by Gasteiger charge is 2.53. The Morgan fingerprint density at radius 1 is 0.509 bits per heavy atom. The van der Waals surface area contributed by atoms with Crippen LogP contribution < -0.4 is 0 Å². The van der Waals surface area contributed by atoms with Gasteiger partial charge in [-0.05, 0) is 94.8 Å². The van der Waals surface area contributed by atoms with E-state index < -0.39 is 0 Å². The van der Waals surface area contributed by atoms with Crippen LogP contribution in [-0.4, -0.2) is 12.1 Å². The lowest BCUT2D eigenvalue weighted by Crippen LogP contribution is -2.50. The summed E-state index contributed by atoms with van der Waals surface area (Å²) in [5, 5.41) is 0. The zero-order valence-corrected chi connectivity index (χ0v) is 36.3. The first-order valence-corrected chi connectivity index (χ1v) is 25.1. The number of hydrogen-bond donors (Lipinski definition) is 0. The minimum Gasteiger partial charge on any atom is -0.462 e. The second kappa shape index (κ2) is 31.3. The molecule has 0 aromatic carbocycles. The van der Waals surface area contributed by atoms with Crippen molar-refractivity contribution in [1.82, 2.24) is 0 Å². The van der Waals surface area contributed by atoms with Crippen LogP contribution in [0.3, 0.4) is 0 Å². The fourth-order valence-corrected chi connectivity index (χ4v) is 11.2. The van der Waals surface area contributed by atoms with Crippen LogP contribution >= 0.6 is 0 Å². The smallest absolute Gasteiger partial charge is 0.312 e. The van der Waals surface area contributed by atoms with Gasteiger partial charge in [-0.1, -0.05) is 212 Å². The van der Waals surface area contributed by atoms with Gasteiger partial charge >= 0.3 is 5.97 Å². The first-order valence-electron chi connectivity index (χ1n) is 25.1. The SMILES string of the molecule is CCCCCCCC/C=C\CCCCCC(C1CCCCCCCCC1)C(CCC)(C(=O)OC1CCCCCCCCC1)C1CCCCCCCCC1. The van der Waals surface area contributed by atoms with E-state index in [1.165, 1.54) is 238 Å². The van der Waals surface area contributed by atoms with Gasteiger partial charge in [0.1, 0.15) is 6.10 Å². The molecule has 0 saturated heterocycles. The van der Waals surface area contributed by atoms with Crippen LogP contribution in [0.15, 0.2) is 12.2 Å². The molecule has 3 aliphatic carbocycles. The molecule has 0 heterocycles. The predicted molar refractivity (Wildman–Crippen MR) is 233 cm³/mol. The summed E-state index contributed by atoms with van der Waals surface area (Å²) in [5.74, 6) is 1.97. The van der Waals surface area contributed by atoms with Crippen LogP contribution in [-0.2, 0) is 9.53 Å². The molecule has 0 amide bonds. The Bertz CT molecular complexity index is 848. The number of rotatable bonds is 20. The average molecular weight is 739 g/mol. The summed E-state index contributed by atoms with van der Waals surface area (Å²) in [6.07, 6.45) is 59.2. The van der Waals surface area contributed by atoms with Crippen LogP contribution in [0.25, 0.3) is 0 Å². The molecule has 0 radical (unpaired) electrons. The van der Waals surface area contributed by atoms with Crippen LogP contribution in [0, 0.1) is 23.2 Å². The van der Waals surface area contributed by atoms with Crippen molar-refractivity contribution in [3.05, 3.63) is 12.2 Å². The molecular weight excluding hydrogens is 645 g/mol. The monoisotopic (exact) mass is 739 g/mol. The van der Waals surface area contributed by atoms with E-state index in [0.717, 1.165) is 25.7 Å². The molecule has 0 aliphatic heterocycles. The average Bonchev–Trinajstić information content (AvgIpc) is 3.18. The van der Waals surface area contributed by atoms with Crippen molar-refractivity contribution in [1.29, 1.82) is 0 Å². The lowest BCUT2D eigenvalue weighted by molar-refractivity contribution is -0.176. The quantitative estimate of drug-likeness (QED) is 0.0706. The zero-order valence-electron chi connectivity index (χ0n) is 36.3. The Labute approximate surface area is 333 Å². The first-order chi connectivity index (χ1) is 26.2. The van der Waals surface area contributed by atoms with Crippen molar-refractivity contribution < 1.29 is 9.53 Å². The molecular formula is C51H94O2. The van der Waals surface area contributed by atoms with Gasteiger partial charge in [-0.3, -0.25) is 4.79 Å². The Morgan fingerprint density at radius 3 is 1.42 bits per heavy atom. The van der Waals surface area contributed by atoms with Crippen LogP contribution in [0.1, 0.15) is 277 Å². The fraction of sp³-hybridized carbons (Fsp3) is 0.941. The fourth-order valence-electron chi connectivity index (χ4n) is 11.2. The van der Waals surface area contributed by atoms with E-state index >= 15 is 4.79 Å². The van der Waals surface area contributed by atoms with Gasteiger partial charge in [0.05, 0.1) is 5.41 Å². The topological polar surface area (TPSA) is 26.3 Å². The number of ether oxygens (including phenoxy) is 1. The first kappa shape index (κ1) is 46.6. The second-order valence-corrected chi connectivity index (χ2v) is 18.7. The third-order valence-electron chi connectivity index (χ3n) is 14.4. The standard InChI is InChI=1S/C51H94O2/c1-3-5-6-7-8-9-10-11-12-13-23-30-37-44-49(46-38-31-24-17-14-18-25-32-39-46)51(45-4-2,47-40-33-26-19-15-20-27-34-41-47)50(52)53-48-42-35-28-21-16-22-29-36-43-48/h11-12,46-49H,3-10,13-45H2,1-2H3/b12-11-. The Kier molecular flexibility index (Phi) is 27.5. The van der Waals surface area contributed by atoms with Crippen LogP contribution in [0.2, 0.25) is 0 Å². The number of hydrogen-bond acceptors (Lipinski definition) is 2. The highest BCUT2D eigenvalue weighted by atomic mass is 16.5. The van der Waals surface area contributed by atoms with E-state index in [2.05, 4.69) is 26.0 Å². The lowest BCUT2D eigenvalue weighted by Gasteiger charge is -2.49. The summed E-state index contributed by atoms with van der Waals surface area (Å²) in [7, 11) is 0. The van der Waals surface area contributed by atoms with E-state index in [0.29, 0.717) is 23.7 Å². The Balaban J connectivity index is 1.85. The molecule has 2 atom stereocenters. The molecule has 3 rings (SSSR count). The number of carbonyl (C=O) groups excluding carboxylic acids is 1. The van der Waals surface area contributed by atoms with Gasteiger partial charge in [-0.2, -0.15) is 0 Å². The van der Waals surface area contributed by atoms with Gasteiger partial charge in [0.2, 0.25) is 0 Å². The number of carbonyl (C=O) groups is 1. The van der Waals surface area contributed by atoms with Gasteiger partial charge in [0, 0.05) is 0 Å². The highest BCUT2D eigenvalue weighted by molar-refractivity contribution is 5.78. The molecule has 0 spiro atoms. The van der Waals surface area contributed by atoms with Gasteiger partial charge in [0.25, 0.3) is 0 Å². The van der Waals surface area contributed by atoms with Crippen molar-refractivity contribution in [3.8, 4) is 0 Å². The molecule has 3 saturated carbocycles. The largest absolute Gasteiger partial charge is 0.462 e. The molecule has 0 aromatic heterocycles. The molecule has 2 nitrogen and oxygen atoms in total.